The minimum atomic E-state index is -0.421. The molecule has 0 fully saturated rings. The minimum absolute atomic E-state index is 0.276. The Balaban J connectivity index is 2.10. The fourth-order valence-electron chi connectivity index (χ4n) is 1.98. The van der Waals surface area contributed by atoms with Crippen LogP contribution < -0.4 is 16.6 Å². The molecule has 0 atom stereocenters. The third-order valence-corrected chi connectivity index (χ3v) is 3.34. The van der Waals surface area contributed by atoms with Crippen LogP contribution in [0.2, 0.25) is 5.02 Å². The number of aromatic amines is 1. The smallest absolute Gasteiger partial charge is 0.258 e. The zero-order valence-corrected chi connectivity index (χ0v) is 11.4. The number of aromatic nitrogens is 2. The normalized spacial score (nSPS) is 10.8. The predicted octanol–water partition coefficient (Wildman–Crippen LogP) is 3.04. The standard InChI is InChI=1S/C14H10ClFN4O/c15-9-2-1-7(16)3-12(9)20-13-5-11-8(4-10(13)17)14(21)19-6-18-11/h1-6,20H,17H2,(H,18,19,21). The van der Waals surface area contributed by atoms with Gasteiger partial charge in [-0.15, -0.1) is 0 Å². The van der Waals surface area contributed by atoms with Gasteiger partial charge in [-0.1, -0.05) is 11.6 Å². The maximum atomic E-state index is 13.3. The van der Waals surface area contributed by atoms with Crippen LogP contribution >= 0.6 is 11.6 Å². The number of nitrogen functional groups attached to an aromatic ring is 1. The molecule has 0 spiro atoms. The van der Waals surface area contributed by atoms with Crippen LogP contribution in [0.5, 0.6) is 0 Å². The zero-order chi connectivity index (χ0) is 15.0. The molecule has 0 unspecified atom stereocenters. The molecular weight excluding hydrogens is 295 g/mol. The second kappa shape index (κ2) is 5.06. The van der Waals surface area contributed by atoms with E-state index < -0.39 is 5.82 Å². The number of nitrogens with two attached hydrogens (primary N) is 1. The summed E-state index contributed by atoms with van der Waals surface area (Å²) < 4.78 is 13.3. The topological polar surface area (TPSA) is 83.8 Å². The molecule has 1 aromatic heterocycles. The summed E-state index contributed by atoms with van der Waals surface area (Å²) in [5, 5.41) is 3.68. The van der Waals surface area contributed by atoms with Gasteiger partial charge in [0.25, 0.3) is 5.56 Å². The van der Waals surface area contributed by atoms with Gasteiger partial charge in [-0.05, 0) is 30.3 Å². The summed E-state index contributed by atoms with van der Waals surface area (Å²) in [7, 11) is 0. The second-order valence-electron chi connectivity index (χ2n) is 4.44. The molecule has 0 saturated heterocycles. The Kier molecular flexibility index (Phi) is 3.23. The van der Waals surface area contributed by atoms with Crippen LogP contribution in [0.1, 0.15) is 0 Å². The largest absolute Gasteiger partial charge is 0.397 e. The number of nitrogens with zero attached hydrogens (tertiary/aromatic N) is 1. The number of rotatable bonds is 2. The molecule has 0 aliphatic rings. The summed E-state index contributed by atoms with van der Waals surface area (Å²) in [6.45, 7) is 0. The van der Waals surface area contributed by atoms with E-state index in [1.807, 2.05) is 0 Å². The first-order valence-corrected chi connectivity index (χ1v) is 6.41. The van der Waals surface area contributed by atoms with E-state index >= 15 is 0 Å². The predicted molar refractivity (Wildman–Crippen MR) is 81.5 cm³/mol. The summed E-state index contributed by atoms with van der Waals surface area (Å²) in [5.74, 6) is -0.421. The average molecular weight is 305 g/mol. The quantitative estimate of drug-likeness (QED) is 0.635. The van der Waals surface area contributed by atoms with E-state index in [0.717, 1.165) is 0 Å². The number of fused-ring (bicyclic) bond motifs is 1. The van der Waals surface area contributed by atoms with Crippen molar-refractivity contribution in [2.45, 2.75) is 0 Å². The molecule has 7 heteroatoms. The Hall–Kier alpha value is -2.60. The van der Waals surface area contributed by atoms with Crippen LogP contribution in [0.25, 0.3) is 10.9 Å². The lowest BCUT2D eigenvalue weighted by Crippen LogP contribution is -2.07. The maximum absolute atomic E-state index is 13.3. The van der Waals surface area contributed by atoms with Gasteiger partial charge >= 0.3 is 0 Å². The number of hydrogen-bond donors (Lipinski definition) is 3. The van der Waals surface area contributed by atoms with E-state index in [2.05, 4.69) is 15.3 Å². The fourth-order valence-corrected chi connectivity index (χ4v) is 2.14. The van der Waals surface area contributed by atoms with Gasteiger partial charge in [0.15, 0.2) is 0 Å². The summed E-state index contributed by atoms with van der Waals surface area (Å²) in [6.07, 6.45) is 1.31. The Morgan fingerprint density at radius 2 is 2.05 bits per heavy atom. The molecule has 0 saturated carbocycles. The number of nitrogens with one attached hydrogen (secondary N) is 2. The third-order valence-electron chi connectivity index (χ3n) is 3.01. The van der Waals surface area contributed by atoms with E-state index in [1.54, 1.807) is 6.07 Å². The van der Waals surface area contributed by atoms with Gasteiger partial charge in [0.1, 0.15) is 5.82 Å². The Bertz CT molecular complexity index is 894. The third kappa shape index (κ3) is 2.53. The summed E-state index contributed by atoms with van der Waals surface area (Å²) >= 11 is 6.00. The fraction of sp³-hybridized carbons (Fsp3) is 0. The first kappa shape index (κ1) is 13.4. The monoisotopic (exact) mass is 304 g/mol. The van der Waals surface area contributed by atoms with Crippen molar-refractivity contribution in [3.05, 3.63) is 57.9 Å². The lowest BCUT2D eigenvalue weighted by Gasteiger charge is -2.11. The summed E-state index contributed by atoms with van der Waals surface area (Å²) in [6, 6.07) is 7.09. The number of halogens is 2. The minimum Gasteiger partial charge on any atom is -0.397 e. The molecular formula is C14H10ClFN4O. The summed E-state index contributed by atoms with van der Waals surface area (Å²) in [4.78, 5) is 18.2. The van der Waals surface area contributed by atoms with Crippen molar-refractivity contribution in [1.82, 2.24) is 9.97 Å². The van der Waals surface area contributed by atoms with E-state index in [9.17, 15) is 9.18 Å². The summed E-state index contributed by atoms with van der Waals surface area (Å²) in [5.41, 5.74) is 7.32. The van der Waals surface area contributed by atoms with Crippen molar-refractivity contribution in [2.24, 2.45) is 0 Å². The van der Waals surface area contributed by atoms with Gasteiger partial charge in [-0.2, -0.15) is 0 Å². The van der Waals surface area contributed by atoms with Gasteiger partial charge in [-0.25, -0.2) is 9.37 Å². The molecule has 0 bridgehead atoms. The van der Waals surface area contributed by atoms with E-state index in [0.29, 0.717) is 33.0 Å². The van der Waals surface area contributed by atoms with Gasteiger partial charge in [0.05, 0.1) is 39.3 Å². The van der Waals surface area contributed by atoms with E-state index in [1.165, 1.54) is 30.6 Å². The molecule has 0 amide bonds. The molecule has 0 radical (unpaired) electrons. The highest BCUT2D eigenvalue weighted by molar-refractivity contribution is 6.33. The number of anilines is 3. The SMILES string of the molecule is Nc1cc2c(=O)[nH]cnc2cc1Nc1cc(F)ccc1Cl. The van der Waals surface area contributed by atoms with Crippen LogP contribution in [-0.2, 0) is 0 Å². The first-order valence-electron chi connectivity index (χ1n) is 6.03. The molecule has 2 aromatic carbocycles. The van der Waals surface area contributed by atoms with Gasteiger partial charge < -0.3 is 16.0 Å². The van der Waals surface area contributed by atoms with E-state index in [4.69, 9.17) is 17.3 Å². The van der Waals surface area contributed by atoms with Crippen molar-refractivity contribution in [2.75, 3.05) is 11.1 Å². The van der Waals surface area contributed by atoms with Crippen LogP contribution in [0.4, 0.5) is 21.5 Å². The zero-order valence-electron chi connectivity index (χ0n) is 10.7. The van der Waals surface area contributed by atoms with Crippen molar-refractivity contribution < 1.29 is 4.39 Å². The average Bonchev–Trinajstić information content (AvgIpc) is 2.45. The number of benzene rings is 2. The highest BCUT2D eigenvalue weighted by Crippen LogP contribution is 2.30. The Labute approximate surface area is 123 Å². The molecule has 3 rings (SSSR count). The van der Waals surface area contributed by atoms with Crippen molar-refractivity contribution in [3.8, 4) is 0 Å². The molecule has 0 aliphatic heterocycles. The van der Waals surface area contributed by atoms with Crippen LogP contribution in [0.3, 0.4) is 0 Å². The maximum Gasteiger partial charge on any atom is 0.258 e. The number of H-pyrrole nitrogens is 1. The molecule has 1 heterocycles. The van der Waals surface area contributed by atoms with Gasteiger partial charge in [0.2, 0.25) is 0 Å². The molecule has 3 aromatic rings. The van der Waals surface area contributed by atoms with Crippen LogP contribution in [0.15, 0.2) is 41.5 Å². The van der Waals surface area contributed by atoms with Crippen molar-refractivity contribution in [3.63, 3.8) is 0 Å². The second-order valence-corrected chi connectivity index (χ2v) is 4.84. The molecule has 106 valence electrons. The lowest BCUT2D eigenvalue weighted by atomic mass is 10.2. The Morgan fingerprint density at radius 1 is 1.24 bits per heavy atom. The van der Waals surface area contributed by atoms with Crippen LogP contribution in [0, 0.1) is 5.82 Å². The lowest BCUT2D eigenvalue weighted by molar-refractivity contribution is 0.628. The van der Waals surface area contributed by atoms with Crippen molar-refractivity contribution in [1.29, 1.82) is 0 Å². The van der Waals surface area contributed by atoms with Gasteiger partial charge in [-0.3, -0.25) is 4.79 Å². The molecule has 4 N–H and O–H groups in total. The van der Waals surface area contributed by atoms with Gasteiger partial charge in [0, 0.05) is 0 Å². The first-order chi connectivity index (χ1) is 10.0. The molecule has 5 nitrogen and oxygen atoms in total. The molecule has 0 aliphatic carbocycles. The van der Waals surface area contributed by atoms with E-state index in [-0.39, 0.29) is 5.56 Å². The number of hydrogen-bond acceptors (Lipinski definition) is 4. The Morgan fingerprint density at radius 3 is 2.86 bits per heavy atom. The highest BCUT2D eigenvalue weighted by Gasteiger charge is 2.08. The van der Waals surface area contributed by atoms with Crippen LogP contribution in [-0.4, -0.2) is 9.97 Å². The molecule has 21 heavy (non-hydrogen) atoms. The van der Waals surface area contributed by atoms with Crippen molar-refractivity contribution >= 4 is 39.6 Å². The highest BCUT2D eigenvalue weighted by atomic mass is 35.5.